The molecule has 0 saturated carbocycles. The molecule has 1 aliphatic rings. The van der Waals surface area contributed by atoms with Gasteiger partial charge in [-0.05, 0) is 39.0 Å². The Kier molecular flexibility index (Phi) is 9.30. The monoisotopic (exact) mass is 486 g/mol. The van der Waals surface area contributed by atoms with Gasteiger partial charge in [-0.3, -0.25) is 4.79 Å². The molecule has 0 bridgehead atoms. The predicted octanol–water partition coefficient (Wildman–Crippen LogP) is 3.02. The summed E-state index contributed by atoms with van der Waals surface area (Å²) < 4.78 is 0.187. The number of terminal acetylenes is 1. The predicted molar refractivity (Wildman–Crippen MR) is 123 cm³/mol. The minimum absolute atomic E-state index is 0. The number of nitrogens with zero attached hydrogens (tertiary/aromatic N) is 2. The molecule has 0 aliphatic carbocycles. The van der Waals surface area contributed by atoms with Crippen molar-refractivity contribution >= 4 is 53.3 Å². The zero-order valence-electron chi connectivity index (χ0n) is 15.5. The van der Waals surface area contributed by atoms with Crippen molar-refractivity contribution in [3.8, 4) is 12.3 Å². The highest BCUT2D eigenvalue weighted by Crippen LogP contribution is 2.29. The third kappa shape index (κ3) is 7.08. The lowest BCUT2D eigenvalue weighted by Gasteiger charge is -2.39. The molecular weight excluding hydrogens is 459 g/mol. The molecule has 142 valence electrons. The maximum Gasteiger partial charge on any atom is 0.246 e. The maximum atomic E-state index is 12.2. The van der Waals surface area contributed by atoms with Gasteiger partial charge in [0.2, 0.25) is 5.91 Å². The first kappa shape index (κ1) is 22.6. The molecule has 26 heavy (non-hydrogen) atoms. The number of hydrogen-bond donors (Lipinski definition) is 2. The van der Waals surface area contributed by atoms with E-state index >= 15 is 0 Å². The lowest BCUT2D eigenvalue weighted by molar-refractivity contribution is -0.114. The number of hydrogen-bond acceptors (Lipinski definition) is 3. The number of amides is 1. The van der Waals surface area contributed by atoms with Gasteiger partial charge >= 0.3 is 0 Å². The van der Waals surface area contributed by atoms with Gasteiger partial charge in [-0.25, -0.2) is 4.99 Å². The van der Waals surface area contributed by atoms with Crippen molar-refractivity contribution in [3.05, 3.63) is 29.8 Å². The van der Waals surface area contributed by atoms with Crippen LogP contribution in [0.3, 0.4) is 0 Å². The largest absolute Gasteiger partial charge is 0.357 e. The van der Waals surface area contributed by atoms with Gasteiger partial charge in [-0.2, -0.15) is 11.8 Å². The normalized spacial score (nSPS) is 16.2. The summed E-state index contributed by atoms with van der Waals surface area (Å²) in [5.41, 5.74) is 1.43. The van der Waals surface area contributed by atoms with Gasteiger partial charge in [-0.15, -0.1) is 30.4 Å². The summed E-state index contributed by atoms with van der Waals surface area (Å²) in [6, 6.07) is 7.24. The number of benzene rings is 1. The average Bonchev–Trinajstić information content (AvgIpc) is 2.57. The van der Waals surface area contributed by atoms with Crippen LogP contribution in [0.25, 0.3) is 0 Å². The van der Waals surface area contributed by atoms with Gasteiger partial charge in [-0.1, -0.05) is 12.0 Å². The van der Waals surface area contributed by atoms with Crippen molar-refractivity contribution in [1.29, 1.82) is 0 Å². The van der Waals surface area contributed by atoms with E-state index in [0.29, 0.717) is 5.69 Å². The standard InChI is InChI=1S/C19H26N4OS.HI/c1-5-15-8-7-9-16(12-15)22-17(24)13-21-18(20-6-2)23-10-11-25-19(3,4)14-23;/h1,7-9,12H,6,10-11,13-14H2,2-4H3,(H,20,21)(H,22,24);1H. The first-order chi connectivity index (χ1) is 11.9. The Labute approximate surface area is 177 Å². The second-order valence-corrected chi connectivity index (χ2v) is 8.28. The lowest BCUT2D eigenvalue weighted by Crippen LogP contribution is -2.51. The van der Waals surface area contributed by atoms with Gasteiger partial charge in [0.25, 0.3) is 0 Å². The Morgan fingerprint density at radius 3 is 2.88 bits per heavy atom. The fraction of sp³-hybridized carbons (Fsp3) is 0.474. The summed E-state index contributed by atoms with van der Waals surface area (Å²) in [5.74, 6) is 4.26. The number of thioether (sulfide) groups is 1. The SMILES string of the molecule is C#Cc1cccc(NC(=O)CN=C(NCC)N2CCSC(C)(C)C2)c1.I. The van der Waals surface area contributed by atoms with Gasteiger partial charge < -0.3 is 15.5 Å². The minimum Gasteiger partial charge on any atom is -0.357 e. The van der Waals surface area contributed by atoms with E-state index in [9.17, 15) is 4.79 Å². The zero-order valence-corrected chi connectivity index (χ0v) is 18.7. The summed E-state index contributed by atoms with van der Waals surface area (Å²) in [6.45, 7) is 9.20. The first-order valence-corrected chi connectivity index (χ1v) is 9.46. The van der Waals surface area contributed by atoms with Crippen LogP contribution >= 0.6 is 35.7 Å². The van der Waals surface area contributed by atoms with Crippen LogP contribution < -0.4 is 10.6 Å². The van der Waals surface area contributed by atoms with Crippen molar-refractivity contribution in [2.75, 3.05) is 37.2 Å². The second kappa shape index (κ2) is 10.7. The molecule has 1 aliphatic heterocycles. The number of nitrogens with one attached hydrogen (secondary N) is 2. The fourth-order valence-corrected chi connectivity index (χ4v) is 3.77. The van der Waals surface area contributed by atoms with Gasteiger partial charge in [0.1, 0.15) is 6.54 Å². The second-order valence-electron chi connectivity index (χ2n) is 6.47. The molecule has 0 unspecified atom stereocenters. The van der Waals surface area contributed by atoms with Gasteiger partial charge in [0.15, 0.2) is 5.96 Å². The van der Waals surface area contributed by atoms with Gasteiger partial charge in [0, 0.05) is 41.4 Å². The molecule has 5 nitrogen and oxygen atoms in total. The molecule has 2 N–H and O–H groups in total. The van der Waals surface area contributed by atoms with Crippen LogP contribution in [0.5, 0.6) is 0 Å². The maximum absolute atomic E-state index is 12.2. The van der Waals surface area contributed by atoms with E-state index in [4.69, 9.17) is 6.42 Å². The number of rotatable bonds is 4. The molecule has 0 atom stereocenters. The molecule has 7 heteroatoms. The summed E-state index contributed by atoms with van der Waals surface area (Å²) in [4.78, 5) is 19.0. The molecule has 0 spiro atoms. The van der Waals surface area contributed by atoms with E-state index in [0.717, 1.165) is 36.9 Å². The number of carbonyl (C=O) groups excluding carboxylic acids is 1. The summed E-state index contributed by atoms with van der Waals surface area (Å²) in [7, 11) is 0. The molecule has 1 amide bonds. The summed E-state index contributed by atoms with van der Waals surface area (Å²) >= 11 is 1.97. The van der Waals surface area contributed by atoms with Crippen LogP contribution in [0, 0.1) is 12.3 Å². The van der Waals surface area contributed by atoms with E-state index in [2.05, 4.69) is 40.3 Å². The highest BCUT2D eigenvalue weighted by molar-refractivity contribution is 14.0. The fourth-order valence-electron chi connectivity index (χ4n) is 2.66. The third-order valence-corrected chi connectivity index (χ3v) is 5.04. The number of guanidine groups is 1. The van der Waals surface area contributed by atoms with Crippen molar-refractivity contribution < 1.29 is 4.79 Å². The topological polar surface area (TPSA) is 56.7 Å². The molecule has 1 aromatic rings. The highest BCUT2D eigenvalue weighted by atomic mass is 127. The van der Waals surface area contributed by atoms with Crippen LogP contribution in [0.1, 0.15) is 26.3 Å². The lowest BCUT2D eigenvalue weighted by atomic mass is 10.2. The number of anilines is 1. The average molecular weight is 486 g/mol. The van der Waals surface area contributed by atoms with E-state index < -0.39 is 0 Å². The molecule has 1 saturated heterocycles. The van der Waals surface area contributed by atoms with Crippen molar-refractivity contribution in [2.24, 2.45) is 4.99 Å². The minimum atomic E-state index is -0.157. The van der Waals surface area contributed by atoms with Crippen LogP contribution in [-0.4, -0.2) is 53.4 Å². The summed E-state index contributed by atoms with van der Waals surface area (Å²) in [6.07, 6.45) is 5.39. The zero-order chi connectivity index (χ0) is 18.3. The van der Waals surface area contributed by atoms with E-state index in [-0.39, 0.29) is 41.2 Å². The highest BCUT2D eigenvalue weighted by Gasteiger charge is 2.28. The Hall–Kier alpha value is -1.40. The van der Waals surface area contributed by atoms with E-state index in [1.165, 1.54) is 0 Å². The molecule has 1 fully saturated rings. The quantitative estimate of drug-likeness (QED) is 0.298. The van der Waals surface area contributed by atoms with Crippen LogP contribution in [-0.2, 0) is 4.79 Å². The molecule has 2 rings (SSSR count). The Bertz CT molecular complexity index is 684. The first-order valence-electron chi connectivity index (χ1n) is 8.47. The third-order valence-electron chi connectivity index (χ3n) is 3.75. The Morgan fingerprint density at radius 2 is 2.23 bits per heavy atom. The van der Waals surface area contributed by atoms with Crippen LogP contribution in [0.2, 0.25) is 0 Å². The van der Waals surface area contributed by atoms with Crippen LogP contribution in [0.15, 0.2) is 29.3 Å². The summed E-state index contributed by atoms with van der Waals surface area (Å²) in [5, 5.41) is 6.13. The Balaban J connectivity index is 0.00000338. The smallest absolute Gasteiger partial charge is 0.246 e. The van der Waals surface area contributed by atoms with E-state index in [1.54, 1.807) is 6.07 Å². The molecular formula is C19H27IN4OS. The van der Waals surface area contributed by atoms with E-state index in [1.807, 2.05) is 36.9 Å². The molecule has 0 aromatic heterocycles. The number of aliphatic imine (C=N–C) groups is 1. The Morgan fingerprint density at radius 1 is 1.46 bits per heavy atom. The molecule has 1 heterocycles. The van der Waals surface area contributed by atoms with Crippen molar-refractivity contribution in [3.63, 3.8) is 0 Å². The van der Waals surface area contributed by atoms with Crippen molar-refractivity contribution in [2.45, 2.75) is 25.5 Å². The number of halogens is 1. The number of carbonyl (C=O) groups is 1. The molecule has 1 aromatic carbocycles. The van der Waals surface area contributed by atoms with Crippen LogP contribution in [0.4, 0.5) is 5.69 Å². The molecule has 0 radical (unpaired) electrons. The van der Waals surface area contributed by atoms with Gasteiger partial charge in [0.05, 0.1) is 0 Å². The van der Waals surface area contributed by atoms with Crippen molar-refractivity contribution in [1.82, 2.24) is 10.2 Å².